The SMILES string of the molecule is CC(=O)OC[C@H]1O[C@H](OBr)[C@H](N2C(=O)c3ccccc3C2=O)[C@@H](OC(C)=O)[C@H]1OC(C)=O. The summed E-state index contributed by atoms with van der Waals surface area (Å²) in [6.07, 6.45) is -5.17. The fraction of sp³-hybridized carbons (Fsp3) is 0.450. The average molecular weight is 514 g/mol. The molecular formula is C20H20BrNO10. The summed E-state index contributed by atoms with van der Waals surface area (Å²) in [4.78, 5) is 62.0. The molecule has 0 N–H and O–H groups in total. The molecule has 0 saturated carbocycles. The quantitative estimate of drug-likeness (QED) is 0.309. The highest BCUT2D eigenvalue weighted by molar-refractivity contribution is 9.06. The summed E-state index contributed by atoms with van der Waals surface area (Å²) >= 11 is 2.82. The van der Waals surface area contributed by atoms with Crippen molar-refractivity contribution in [1.29, 1.82) is 0 Å². The third kappa shape index (κ3) is 4.66. The molecule has 3 rings (SSSR count). The van der Waals surface area contributed by atoms with Gasteiger partial charge in [-0.3, -0.25) is 32.7 Å². The maximum absolute atomic E-state index is 13.1. The van der Waals surface area contributed by atoms with Crippen molar-refractivity contribution in [2.75, 3.05) is 6.61 Å². The molecule has 172 valence electrons. The topological polar surface area (TPSA) is 135 Å². The largest absolute Gasteiger partial charge is 0.463 e. The van der Waals surface area contributed by atoms with Gasteiger partial charge in [0.1, 0.15) is 35.0 Å². The summed E-state index contributed by atoms with van der Waals surface area (Å²) in [5, 5.41) is 0. The maximum Gasteiger partial charge on any atom is 0.303 e. The van der Waals surface area contributed by atoms with Crippen LogP contribution >= 0.6 is 16.3 Å². The molecule has 0 radical (unpaired) electrons. The van der Waals surface area contributed by atoms with Crippen LogP contribution in [-0.4, -0.2) is 71.9 Å². The first kappa shape index (κ1) is 23.8. The molecule has 2 amide bonds. The third-order valence-corrected chi connectivity index (χ3v) is 5.25. The highest BCUT2D eigenvalue weighted by Gasteiger charge is 2.57. The van der Waals surface area contributed by atoms with E-state index in [9.17, 15) is 24.0 Å². The van der Waals surface area contributed by atoms with E-state index in [4.69, 9.17) is 22.8 Å². The first-order chi connectivity index (χ1) is 15.1. The first-order valence-corrected chi connectivity index (χ1v) is 10.2. The van der Waals surface area contributed by atoms with Gasteiger partial charge in [0.25, 0.3) is 11.8 Å². The van der Waals surface area contributed by atoms with E-state index in [-0.39, 0.29) is 17.7 Å². The van der Waals surface area contributed by atoms with Crippen molar-refractivity contribution in [1.82, 2.24) is 4.90 Å². The van der Waals surface area contributed by atoms with Gasteiger partial charge in [-0.1, -0.05) is 12.1 Å². The molecule has 1 saturated heterocycles. The van der Waals surface area contributed by atoms with Crippen LogP contribution in [0.25, 0.3) is 0 Å². The minimum absolute atomic E-state index is 0.151. The molecule has 12 heteroatoms. The number of carbonyl (C=O) groups excluding carboxylic acids is 5. The number of nitrogens with zero attached hydrogens (tertiary/aromatic N) is 1. The van der Waals surface area contributed by atoms with Crippen LogP contribution in [0, 0.1) is 0 Å². The fourth-order valence-corrected chi connectivity index (χ4v) is 4.02. The van der Waals surface area contributed by atoms with Crippen LogP contribution in [0.2, 0.25) is 0 Å². The molecule has 1 aromatic carbocycles. The Morgan fingerprint density at radius 2 is 1.47 bits per heavy atom. The van der Waals surface area contributed by atoms with E-state index in [0.29, 0.717) is 0 Å². The number of halogens is 1. The Labute approximate surface area is 191 Å². The zero-order chi connectivity index (χ0) is 23.6. The van der Waals surface area contributed by atoms with Crippen LogP contribution in [0.5, 0.6) is 0 Å². The van der Waals surface area contributed by atoms with Crippen molar-refractivity contribution in [3.63, 3.8) is 0 Å². The third-order valence-electron chi connectivity index (χ3n) is 4.88. The molecule has 2 heterocycles. The minimum atomic E-state index is -1.38. The van der Waals surface area contributed by atoms with Gasteiger partial charge in [0, 0.05) is 20.8 Å². The summed E-state index contributed by atoms with van der Waals surface area (Å²) in [5.41, 5.74) is 0.303. The number of ether oxygens (including phenoxy) is 4. The van der Waals surface area contributed by atoms with Crippen LogP contribution < -0.4 is 0 Å². The number of carbonyl (C=O) groups is 5. The molecule has 1 fully saturated rings. The molecular weight excluding hydrogens is 494 g/mol. The normalized spacial score (nSPS) is 27.0. The number of imide groups is 1. The number of hydrogen-bond acceptors (Lipinski definition) is 10. The van der Waals surface area contributed by atoms with Gasteiger partial charge in [0.15, 0.2) is 18.5 Å². The summed E-state index contributed by atoms with van der Waals surface area (Å²) in [6, 6.07) is 4.84. The second-order valence-corrected chi connectivity index (χ2v) is 7.47. The second-order valence-electron chi connectivity index (χ2n) is 7.10. The van der Waals surface area contributed by atoms with Crippen LogP contribution in [0.1, 0.15) is 41.5 Å². The summed E-state index contributed by atoms with van der Waals surface area (Å²) in [7, 11) is 0. The first-order valence-electron chi connectivity index (χ1n) is 9.53. The number of amides is 2. The minimum Gasteiger partial charge on any atom is -0.463 e. The molecule has 0 aliphatic carbocycles. The Bertz CT molecular complexity index is 915. The van der Waals surface area contributed by atoms with E-state index < -0.39 is 60.4 Å². The van der Waals surface area contributed by atoms with E-state index in [1.54, 1.807) is 12.1 Å². The zero-order valence-electron chi connectivity index (χ0n) is 17.3. The molecule has 32 heavy (non-hydrogen) atoms. The lowest BCUT2D eigenvalue weighted by molar-refractivity contribution is -0.260. The predicted molar refractivity (Wildman–Crippen MR) is 107 cm³/mol. The average Bonchev–Trinajstić information content (AvgIpc) is 2.98. The molecule has 2 aliphatic heterocycles. The van der Waals surface area contributed by atoms with Crippen molar-refractivity contribution in [2.45, 2.75) is 51.4 Å². The van der Waals surface area contributed by atoms with Crippen LogP contribution in [0.3, 0.4) is 0 Å². The predicted octanol–water partition coefficient (Wildman–Crippen LogP) is 1.13. The van der Waals surface area contributed by atoms with Crippen molar-refractivity contribution in [3.8, 4) is 0 Å². The lowest BCUT2D eigenvalue weighted by Crippen LogP contribution is -2.67. The van der Waals surface area contributed by atoms with E-state index in [2.05, 4.69) is 16.3 Å². The lowest BCUT2D eigenvalue weighted by atomic mass is 9.95. The Morgan fingerprint density at radius 1 is 0.938 bits per heavy atom. The van der Waals surface area contributed by atoms with Crippen LogP contribution in [-0.2, 0) is 37.2 Å². The number of benzene rings is 1. The zero-order valence-corrected chi connectivity index (χ0v) is 18.9. The molecule has 5 atom stereocenters. The van der Waals surface area contributed by atoms with E-state index in [1.807, 2.05) is 0 Å². The van der Waals surface area contributed by atoms with Gasteiger partial charge >= 0.3 is 17.9 Å². The number of fused-ring (bicyclic) bond motifs is 1. The molecule has 0 bridgehead atoms. The van der Waals surface area contributed by atoms with Gasteiger partial charge in [-0.05, 0) is 12.1 Å². The Morgan fingerprint density at radius 3 is 1.94 bits per heavy atom. The van der Waals surface area contributed by atoms with E-state index in [1.165, 1.54) is 19.1 Å². The number of rotatable bonds is 6. The van der Waals surface area contributed by atoms with Gasteiger partial charge in [-0.25, -0.2) is 0 Å². The van der Waals surface area contributed by atoms with Crippen molar-refractivity contribution >= 4 is 46.0 Å². The van der Waals surface area contributed by atoms with Gasteiger partial charge in [0.05, 0.1) is 11.1 Å². The summed E-state index contributed by atoms with van der Waals surface area (Å²) in [5.74, 6) is -3.46. The summed E-state index contributed by atoms with van der Waals surface area (Å²) in [6.45, 7) is 3.04. The Hall–Kier alpha value is -2.83. The highest BCUT2D eigenvalue weighted by Crippen LogP contribution is 2.36. The number of esters is 3. The molecule has 0 aromatic heterocycles. The molecule has 1 aromatic rings. The van der Waals surface area contributed by atoms with Crippen molar-refractivity contribution in [3.05, 3.63) is 35.4 Å². The lowest BCUT2D eigenvalue weighted by Gasteiger charge is -2.46. The van der Waals surface area contributed by atoms with E-state index in [0.717, 1.165) is 18.7 Å². The molecule has 2 aliphatic rings. The summed E-state index contributed by atoms with van der Waals surface area (Å²) < 4.78 is 26.7. The van der Waals surface area contributed by atoms with Gasteiger partial charge in [0.2, 0.25) is 0 Å². The maximum atomic E-state index is 13.1. The highest BCUT2D eigenvalue weighted by atomic mass is 79.9. The van der Waals surface area contributed by atoms with Gasteiger partial charge in [-0.2, -0.15) is 0 Å². The van der Waals surface area contributed by atoms with Gasteiger partial charge < -0.3 is 18.9 Å². The smallest absolute Gasteiger partial charge is 0.303 e. The Balaban J connectivity index is 2.05. The molecule has 0 spiro atoms. The molecule has 0 unspecified atom stereocenters. The fourth-order valence-electron chi connectivity index (χ4n) is 3.71. The monoisotopic (exact) mass is 513 g/mol. The van der Waals surface area contributed by atoms with Crippen molar-refractivity contribution < 1.29 is 46.7 Å². The van der Waals surface area contributed by atoms with Crippen LogP contribution in [0.15, 0.2) is 24.3 Å². The Kier molecular flexibility index (Phi) is 7.26. The number of hydrogen-bond donors (Lipinski definition) is 0. The van der Waals surface area contributed by atoms with Crippen molar-refractivity contribution in [2.24, 2.45) is 0 Å². The van der Waals surface area contributed by atoms with Crippen LogP contribution in [0.4, 0.5) is 0 Å². The molecule has 11 nitrogen and oxygen atoms in total. The second kappa shape index (κ2) is 9.76. The van der Waals surface area contributed by atoms with Gasteiger partial charge in [-0.15, -0.1) is 0 Å². The standard InChI is InChI=1S/C20H20BrNO10/c1-9(23)28-8-14-16(29-10(2)24)17(30-11(3)25)15(20(31-14)32-21)22-18(26)12-6-4-5-7-13(12)19(22)27/h4-7,14-17,20H,8H2,1-3H3/t14-,15-,16+,17-,20-/m1/s1. The van der Waals surface area contributed by atoms with E-state index >= 15 is 0 Å².